The molecule has 0 aliphatic rings. The normalized spacial score (nSPS) is 10.5. The van der Waals surface area contributed by atoms with Crippen molar-refractivity contribution in [2.45, 2.75) is 31.8 Å². The largest absolute Gasteiger partial charge is 0.447 e. The first-order valence-corrected chi connectivity index (χ1v) is 9.33. The molecule has 29 heavy (non-hydrogen) atoms. The van der Waals surface area contributed by atoms with Gasteiger partial charge in [0.2, 0.25) is 5.91 Å². The van der Waals surface area contributed by atoms with Gasteiger partial charge in [-0.25, -0.2) is 9.59 Å². The highest BCUT2D eigenvalue weighted by atomic mass is 19.2. The first-order valence-electron chi connectivity index (χ1n) is 9.33. The standard InChI is InChI=1S/C17H32FN3O8/c1-25-9-4-7-19-16(23)28-12-14(27-11-3-6-15(22)21-18)13-29-17(24)20-8-5-10-26-2/h14H,3-13H2,1-2H3,(H,19,23)(H,20,24)(H,21,22). The summed E-state index contributed by atoms with van der Waals surface area (Å²) in [5, 5.41) is 5.09. The summed E-state index contributed by atoms with van der Waals surface area (Å²) in [6, 6.07) is 0. The third kappa shape index (κ3) is 17.6. The quantitative estimate of drug-likeness (QED) is 0.229. The summed E-state index contributed by atoms with van der Waals surface area (Å²) in [4.78, 5) is 34.2. The molecule has 11 nitrogen and oxygen atoms in total. The molecule has 0 heterocycles. The molecule has 0 aliphatic heterocycles. The SMILES string of the molecule is COCCCNC(=O)OCC(COC(=O)NCCCOC)OCCCC(=O)NF. The first kappa shape index (κ1) is 26.8. The van der Waals surface area contributed by atoms with Crippen molar-refractivity contribution < 1.29 is 42.5 Å². The fourth-order valence-corrected chi connectivity index (χ4v) is 1.93. The molecule has 0 aromatic heterocycles. The van der Waals surface area contributed by atoms with Crippen molar-refractivity contribution in [1.82, 2.24) is 16.2 Å². The van der Waals surface area contributed by atoms with Gasteiger partial charge in [0.15, 0.2) is 0 Å². The van der Waals surface area contributed by atoms with Gasteiger partial charge in [0.25, 0.3) is 0 Å². The smallest absolute Gasteiger partial charge is 0.407 e. The highest BCUT2D eigenvalue weighted by molar-refractivity contribution is 5.74. The predicted molar refractivity (Wildman–Crippen MR) is 99.9 cm³/mol. The molecule has 0 aromatic rings. The lowest BCUT2D eigenvalue weighted by Gasteiger charge is -2.18. The van der Waals surface area contributed by atoms with E-state index in [0.29, 0.717) is 39.1 Å². The molecule has 170 valence electrons. The molecule has 0 radical (unpaired) electrons. The number of hydrogen-bond donors (Lipinski definition) is 3. The van der Waals surface area contributed by atoms with E-state index in [0.717, 1.165) is 5.54 Å². The zero-order valence-corrected chi connectivity index (χ0v) is 17.0. The van der Waals surface area contributed by atoms with Crippen LogP contribution in [-0.2, 0) is 28.5 Å². The van der Waals surface area contributed by atoms with Crippen LogP contribution < -0.4 is 16.2 Å². The van der Waals surface area contributed by atoms with Crippen LogP contribution in [0.5, 0.6) is 0 Å². The van der Waals surface area contributed by atoms with E-state index in [9.17, 15) is 18.9 Å². The number of ether oxygens (including phenoxy) is 5. The second kappa shape index (κ2) is 19.2. The van der Waals surface area contributed by atoms with Crippen molar-refractivity contribution in [3.8, 4) is 0 Å². The molecular weight excluding hydrogens is 393 g/mol. The lowest BCUT2D eigenvalue weighted by molar-refractivity contribution is -0.125. The molecule has 0 rings (SSSR count). The van der Waals surface area contributed by atoms with Crippen LogP contribution in [0.4, 0.5) is 14.1 Å². The lowest BCUT2D eigenvalue weighted by Crippen LogP contribution is -2.35. The van der Waals surface area contributed by atoms with Crippen molar-refractivity contribution in [2.75, 3.05) is 60.3 Å². The number of methoxy groups -OCH3 is 2. The van der Waals surface area contributed by atoms with Gasteiger partial charge in [0.1, 0.15) is 19.3 Å². The zero-order valence-electron chi connectivity index (χ0n) is 17.0. The number of carbonyl (C=O) groups is 3. The minimum Gasteiger partial charge on any atom is -0.447 e. The highest BCUT2D eigenvalue weighted by Gasteiger charge is 2.16. The Bertz CT molecular complexity index is 428. The van der Waals surface area contributed by atoms with Crippen molar-refractivity contribution in [3.63, 3.8) is 0 Å². The molecule has 3 amide bonds. The maximum Gasteiger partial charge on any atom is 0.407 e. The number of amides is 3. The number of alkyl carbamates (subject to hydrolysis) is 2. The summed E-state index contributed by atoms with van der Waals surface area (Å²) < 4.78 is 37.2. The van der Waals surface area contributed by atoms with Gasteiger partial charge < -0.3 is 34.3 Å². The van der Waals surface area contributed by atoms with Gasteiger partial charge in [-0.2, -0.15) is 5.54 Å². The Morgan fingerprint density at radius 1 is 0.828 bits per heavy atom. The van der Waals surface area contributed by atoms with Gasteiger partial charge in [-0.1, -0.05) is 0 Å². The molecule has 0 unspecified atom stereocenters. The fraction of sp³-hybridized carbons (Fsp3) is 0.824. The molecule has 0 bridgehead atoms. The monoisotopic (exact) mass is 425 g/mol. The van der Waals surface area contributed by atoms with E-state index in [4.69, 9.17) is 23.7 Å². The van der Waals surface area contributed by atoms with E-state index in [1.807, 2.05) is 0 Å². The third-order valence-electron chi connectivity index (χ3n) is 3.40. The Morgan fingerprint density at radius 3 is 1.79 bits per heavy atom. The molecule has 0 saturated carbocycles. The molecule has 12 heteroatoms. The number of hydrogen-bond acceptors (Lipinski definition) is 8. The highest BCUT2D eigenvalue weighted by Crippen LogP contribution is 2.00. The van der Waals surface area contributed by atoms with Crippen molar-refractivity contribution >= 4 is 18.1 Å². The number of rotatable bonds is 17. The van der Waals surface area contributed by atoms with Crippen molar-refractivity contribution in [1.29, 1.82) is 0 Å². The summed E-state index contributed by atoms with van der Waals surface area (Å²) in [6.07, 6.45) is -0.573. The second-order valence-electron chi connectivity index (χ2n) is 5.86. The predicted octanol–water partition coefficient (Wildman–Crippen LogP) is 0.678. The second-order valence-corrected chi connectivity index (χ2v) is 5.86. The van der Waals surface area contributed by atoms with E-state index in [-0.39, 0.29) is 32.7 Å². The zero-order chi connectivity index (χ0) is 21.7. The van der Waals surface area contributed by atoms with Crippen LogP contribution in [0.25, 0.3) is 0 Å². The molecule has 0 fully saturated rings. The lowest BCUT2D eigenvalue weighted by atomic mass is 10.3. The van der Waals surface area contributed by atoms with E-state index in [1.165, 1.54) is 0 Å². The molecule has 0 saturated heterocycles. The molecule has 0 aromatic carbocycles. The van der Waals surface area contributed by atoms with E-state index in [2.05, 4.69) is 10.6 Å². The molecular formula is C17H32FN3O8. The summed E-state index contributed by atoms with van der Waals surface area (Å²) >= 11 is 0. The van der Waals surface area contributed by atoms with E-state index >= 15 is 0 Å². The Hall–Kier alpha value is -2.18. The fourth-order valence-electron chi connectivity index (χ4n) is 1.93. The van der Waals surface area contributed by atoms with Gasteiger partial charge in [-0.15, -0.1) is 4.48 Å². The van der Waals surface area contributed by atoms with Gasteiger partial charge in [-0.05, 0) is 19.3 Å². The molecule has 0 aliphatic carbocycles. The number of carbonyl (C=O) groups excluding carboxylic acids is 3. The summed E-state index contributed by atoms with van der Waals surface area (Å²) in [6.45, 7) is 1.55. The molecule has 0 atom stereocenters. The Morgan fingerprint density at radius 2 is 1.34 bits per heavy atom. The topological polar surface area (TPSA) is 133 Å². The first-order chi connectivity index (χ1) is 14.0. The maximum absolute atomic E-state index is 11.9. The third-order valence-corrected chi connectivity index (χ3v) is 3.40. The Balaban J connectivity index is 4.24. The van der Waals surface area contributed by atoms with Crippen LogP contribution >= 0.6 is 0 Å². The molecule has 0 spiro atoms. The van der Waals surface area contributed by atoms with Crippen molar-refractivity contribution in [2.24, 2.45) is 0 Å². The molecule has 3 N–H and O–H groups in total. The van der Waals surface area contributed by atoms with Gasteiger partial charge >= 0.3 is 12.2 Å². The van der Waals surface area contributed by atoms with Crippen LogP contribution in [0.2, 0.25) is 0 Å². The minimum absolute atomic E-state index is 0.0646. The summed E-state index contributed by atoms with van der Waals surface area (Å²) in [7, 11) is 3.12. The average molecular weight is 425 g/mol. The van der Waals surface area contributed by atoms with Crippen LogP contribution in [0.3, 0.4) is 0 Å². The van der Waals surface area contributed by atoms with Crippen molar-refractivity contribution in [3.05, 3.63) is 0 Å². The van der Waals surface area contributed by atoms with Crippen LogP contribution in [-0.4, -0.2) is 84.5 Å². The van der Waals surface area contributed by atoms with E-state index < -0.39 is 24.2 Å². The van der Waals surface area contributed by atoms with Gasteiger partial charge in [-0.3, -0.25) is 4.79 Å². The van der Waals surface area contributed by atoms with Crippen LogP contribution in [0.15, 0.2) is 0 Å². The Labute approximate surface area is 169 Å². The average Bonchev–Trinajstić information content (AvgIpc) is 2.72. The van der Waals surface area contributed by atoms with Crippen LogP contribution in [0, 0.1) is 0 Å². The summed E-state index contributed by atoms with van der Waals surface area (Å²) in [5.41, 5.74) is 1.02. The maximum atomic E-state index is 11.9. The summed E-state index contributed by atoms with van der Waals surface area (Å²) in [5.74, 6) is -0.761. The van der Waals surface area contributed by atoms with Crippen LogP contribution in [0.1, 0.15) is 25.7 Å². The number of halogens is 1. The number of nitrogens with one attached hydrogen (secondary N) is 3. The minimum atomic E-state index is -0.761. The van der Waals surface area contributed by atoms with E-state index in [1.54, 1.807) is 14.2 Å². The Kier molecular flexibility index (Phi) is 17.7. The van der Waals surface area contributed by atoms with Gasteiger partial charge in [0, 0.05) is 53.6 Å². The van der Waals surface area contributed by atoms with Gasteiger partial charge in [0.05, 0.1) is 0 Å².